The summed E-state index contributed by atoms with van der Waals surface area (Å²) in [4.78, 5) is 10.9. The van der Waals surface area contributed by atoms with Crippen LogP contribution < -0.4 is 0 Å². The van der Waals surface area contributed by atoms with E-state index in [1.165, 1.54) is 11.2 Å². The molecule has 0 saturated carbocycles. The molecule has 1 atom stereocenters. The Morgan fingerprint density at radius 2 is 2.20 bits per heavy atom. The molecule has 112 valence electrons. The summed E-state index contributed by atoms with van der Waals surface area (Å²) in [5.74, 6) is -1.48. The summed E-state index contributed by atoms with van der Waals surface area (Å²) in [7, 11) is -3.69. The number of aromatic carboxylic acids is 1. The SMILES string of the molecule is CCC1CCCCN1S(=O)(=O)c1cc(C(=O)O)oc1C. The number of hydrogen-bond acceptors (Lipinski definition) is 4. The van der Waals surface area contributed by atoms with Crippen LogP contribution in [0.25, 0.3) is 0 Å². The predicted octanol–water partition coefficient (Wildman–Crippen LogP) is 2.24. The van der Waals surface area contributed by atoms with E-state index in [9.17, 15) is 13.2 Å². The zero-order chi connectivity index (χ0) is 14.9. The normalized spacial score (nSPS) is 21.0. The lowest BCUT2D eigenvalue weighted by Crippen LogP contribution is -2.43. The van der Waals surface area contributed by atoms with E-state index in [2.05, 4.69) is 0 Å². The van der Waals surface area contributed by atoms with Crippen molar-refractivity contribution in [1.29, 1.82) is 0 Å². The van der Waals surface area contributed by atoms with E-state index in [1.807, 2.05) is 6.92 Å². The number of nitrogens with zero attached hydrogens (tertiary/aromatic N) is 1. The van der Waals surface area contributed by atoms with E-state index in [-0.39, 0.29) is 22.5 Å². The first kappa shape index (κ1) is 15.1. The van der Waals surface area contributed by atoms with Crippen LogP contribution >= 0.6 is 0 Å². The first-order valence-electron chi connectivity index (χ1n) is 6.73. The highest BCUT2D eigenvalue weighted by atomic mass is 32.2. The summed E-state index contributed by atoms with van der Waals surface area (Å²) in [5.41, 5.74) is 0. The Kier molecular flexibility index (Phi) is 4.19. The number of carboxylic acids is 1. The van der Waals surface area contributed by atoms with Gasteiger partial charge in [-0.05, 0) is 26.2 Å². The van der Waals surface area contributed by atoms with Crippen LogP contribution in [-0.4, -0.2) is 36.4 Å². The lowest BCUT2D eigenvalue weighted by Gasteiger charge is -2.33. The van der Waals surface area contributed by atoms with Gasteiger partial charge < -0.3 is 9.52 Å². The minimum Gasteiger partial charge on any atom is -0.475 e. The molecule has 0 spiro atoms. The second-order valence-corrected chi connectivity index (χ2v) is 6.87. The fraction of sp³-hybridized carbons (Fsp3) is 0.615. The molecule has 1 aromatic rings. The zero-order valence-electron chi connectivity index (χ0n) is 11.6. The molecule has 20 heavy (non-hydrogen) atoms. The Hall–Kier alpha value is -1.34. The van der Waals surface area contributed by atoms with E-state index < -0.39 is 16.0 Å². The van der Waals surface area contributed by atoms with Gasteiger partial charge in [0.25, 0.3) is 0 Å². The smallest absolute Gasteiger partial charge is 0.371 e. The van der Waals surface area contributed by atoms with E-state index in [1.54, 1.807) is 0 Å². The van der Waals surface area contributed by atoms with E-state index in [4.69, 9.17) is 9.52 Å². The Balaban J connectivity index is 2.41. The Morgan fingerprint density at radius 3 is 2.75 bits per heavy atom. The van der Waals surface area contributed by atoms with Crippen molar-refractivity contribution in [1.82, 2.24) is 4.31 Å². The molecule has 0 bridgehead atoms. The van der Waals surface area contributed by atoms with E-state index >= 15 is 0 Å². The topological polar surface area (TPSA) is 87.8 Å². The second-order valence-electron chi connectivity index (χ2n) is 5.01. The maximum absolute atomic E-state index is 12.7. The van der Waals surface area contributed by atoms with Gasteiger partial charge in [0, 0.05) is 18.7 Å². The summed E-state index contributed by atoms with van der Waals surface area (Å²) in [6.45, 7) is 3.92. The Morgan fingerprint density at radius 1 is 1.50 bits per heavy atom. The molecule has 0 radical (unpaired) electrons. The van der Waals surface area contributed by atoms with Gasteiger partial charge in [-0.1, -0.05) is 13.3 Å². The van der Waals surface area contributed by atoms with Crippen LogP contribution in [0.15, 0.2) is 15.4 Å². The van der Waals surface area contributed by atoms with Crippen LogP contribution in [0.3, 0.4) is 0 Å². The third-order valence-corrected chi connectivity index (χ3v) is 5.77. The first-order chi connectivity index (χ1) is 9.37. The van der Waals surface area contributed by atoms with Gasteiger partial charge in [-0.3, -0.25) is 0 Å². The van der Waals surface area contributed by atoms with Gasteiger partial charge in [0.05, 0.1) is 0 Å². The first-order valence-corrected chi connectivity index (χ1v) is 8.17. The molecule has 1 aliphatic heterocycles. The lowest BCUT2D eigenvalue weighted by atomic mass is 10.0. The number of hydrogen-bond donors (Lipinski definition) is 1. The third-order valence-electron chi connectivity index (χ3n) is 3.71. The van der Waals surface area contributed by atoms with Crippen molar-refractivity contribution in [3.05, 3.63) is 17.6 Å². The molecule has 2 heterocycles. The molecule has 0 amide bonds. The fourth-order valence-electron chi connectivity index (χ4n) is 2.65. The quantitative estimate of drug-likeness (QED) is 0.921. The molecule has 6 nitrogen and oxygen atoms in total. The van der Waals surface area contributed by atoms with Gasteiger partial charge in [-0.15, -0.1) is 0 Å². The number of furan rings is 1. The maximum atomic E-state index is 12.7. The van der Waals surface area contributed by atoms with Crippen molar-refractivity contribution < 1.29 is 22.7 Å². The Labute approximate surface area is 118 Å². The predicted molar refractivity (Wildman–Crippen MR) is 72.2 cm³/mol. The van der Waals surface area contributed by atoms with Crippen molar-refractivity contribution in [3.8, 4) is 0 Å². The molecule has 1 fully saturated rings. The van der Waals surface area contributed by atoms with Gasteiger partial charge in [-0.2, -0.15) is 4.31 Å². The van der Waals surface area contributed by atoms with Crippen LogP contribution in [0, 0.1) is 6.92 Å². The average Bonchev–Trinajstić information content (AvgIpc) is 2.81. The summed E-state index contributed by atoms with van der Waals surface area (Å²) in [6.07, 6.45) is 3.45. The lowest BCUT2D eigenvalue weighted by molar-refractivity contribution is 0.0661. The minimum atomic E-state index is -3.69. The molecule has 7 heteroatoms. The summed E-state index contributed by atoms with van der Waals surface area (Å²) in [6, 6.07) is 1.09. The van der Waals surface area contributed by atoms with Gasteiger partial charge in [0.2, 0.25) is 15.8 Å². The van der Waals surface area contributed by atoms with Crippen molar-refractivity contribution in [2.75, 3.05) is 6.54 Å². The number of rotatable bonds is 4. The van der Waals surface area contributed by atoms with Crippen molar-refractivity contribution in [3.63, 3.8) is 0 Å². The number of piperidine rings is 1. The van der Waals surface area contributed by atoms with Gasteiger partial charge in [-0.25, -0.2) is 13.2 Å². The summed E-state index contributed by atoms with van der Waals surface area (Å²) in [5, 5.41) is 8.89. The standard InChI is InChI=1S/C13H19NO5S/c1-3-10-6-4-5-7-14(10)20(17,18)12-8-11(13(15)16)19-9(12)2/h8,10H,3-7H2,1-2H3,(H,15,16). The number of carboxylic acid groups (broad SMARTS) is 1. The van der Waals surface area contributed by atoms with E-state index in [0.717, 1.165) is 31.7 Å². The van der Waals surface area contributed by atoms with Gasteiger partial charge in [0.15, 0.2) is 0 Å². The van der Waals surface area contributed by atoms with Crippen LogP contribution in [0.2, 0.25) is 0 Å². The molecule has 0 aliphatic carbocycles. The monoisotopic (exact) mass is 301 g/mol. The van der Waals surface area contributed by atoms with Gasteiger partial charge in [0.1, 0.15) is 10.7 Å². The number of sulfonamides is 1. The molecule has 1 N–H and O–H groups in total. The zero-order valence-corrected chi connectivity index (χ0v) is 12.4. The Bertz CT molecular complexity index is 604. The summed E-state index contributed by atoms with van der Waals surface area (Å²) >= 11 is 0. The highest BCUT2D eigenvalue weighted by Gasteiger charge is 2.35. The highest BCUT2D eigenvalue weighted by molar-refractivity contribution is 7.89. The van der Waals surface area contributed by atoms with Crippen LogP contribution in [-0.2, 0) is 10.0 Å². The maximum Gasteiger partial charge on any atom is 0.371 e. The van der Waals surface area contributed by atoms with Crippen LogP contribution in [0.5, 0.6) is 0 Å². The molecule has 1 aliphatic rings. The molecule has 2 rings (SSSR count). The average molecular weight is 301 g/mol. The van der Waals surface area contributed by atoms with Crippen LogP contribution in [0.1, 0.15) is 48.9 Å². The molecular weight excluding hydrogens is 282 g/mol. The fourth-order valence-corrected chi connectivity index (χ4v) is 4.58. The molecule has 1 unspecified atom stereocenters. The molecule has 0 aromatic carbocycles. The van der Waals surface area contributed by atoms with E-state index in [0.29, 0.717) is 6.54 Å². The largest absolute Gasteiger partial charge is 0.475 e. The summed E-state index contributed by atoms with van der Waals surface area (Å²) < 4.78 is 31.9. The second kappa shape index (κ2) is 5.57. The van der Waals surface area contributed by atoms with Gasteiger partial charge >= 0.3 is 5.97 Å². The number of carbonyl (C=O) groups is 1. The van der Waals surface area contributed by atoms with Crippen molar-refractivity contribution in [2.24, 2.45) is 0 Å². The molecule has 1 aromatic heterocycles. The third kappa shape index (κ3) is 2.60. The molecular formula is C13H19NO5S. The molecule has 1 saturated heterocycles. The van der Waals surface area contributed by atoms with Crippen LogP contribution in [0.4, 0.5) is 0 Å². The van der Waals surface area contributed by atoms with Crippen molar-refractivity contribution in [2.45, 2.75) is 50.5 Å². The van der Waals surface area contributed by atoms with Crippen molar-refractivity contribution >= 4 is 16.0 Å². The highest BCUT2D eigenvalue weighted by Crippen LogP contribution is 2.30. The minimum absolute atomic E-state index is 0.0173. The number of aryl methyl sites for hydroxylation is 1.